The molecule has 0 unspecified atom stereocenters. The largest absolute Gasteiger partial charge is 0.508 e. The standard InChI is InChI=1S/C15H24N2O2.2ClH/c1-15(2,3)14(17-8-6-16-7-9-17)12-10-11(18)4-5-13(12)19;;/h4-5,10,14,16,18-19H,6-9H2,1-3H3;2*1H/t14-;;/m0../s1. The summed E-state index contributed by atoms with van der Waals surface area (Å²) in [5.41, 5.74) is 0.803. The lowest BCUT2D eigenvalue weighted by Gasteiger charge is -2.42. The summed E-state index contributed by atoms with van der Waals surface area (Å²) in [6.07, 6.45) is 0. The summed E-state index contributed by atoms with van der Waals surface area (Å²) in [7, 11) is 0. The topological polar surface area (TPSA) is 55.7 Å². The minimum absolute atomic E-state index is 0. The van der Waals surface area contributed by atoms with Crippen molar-refractivity contribution in [1.82, 2.24) is 10.2 Å². The first-order chi connectivity index (χ1) is 8.89. The van der Waals surface area contributed by atoms with E-state index >= 15 is 0 Å². The van der Waals surface area contributed by atoms with Gasteiger partial charge in [0.2, 0.25) is 0 Å². The number of hydrogen-bond donors (Lipinski definition) is 3. The fourth-order valence-electron chi connectivity index (χ4n) is 2.91. The zero-order valence-electron chi connectivity index (χ0n) is 12.8. The molecular weight excluding hydrogens is 311 g/mol. The average Bonchev–Trinajstić information content (AvgIpc) is 2.33. The van der Waals surface area contributed by atoms with Crippen molar-refractivity contribution in [2.45, 2.75) is 26.8 Å². The first-order valence-corrected chi connectivity index (χ1v) is 6.86. The van der Waals surface area contributed by atoms with Crippen molar-refractivity contribution in [3.63, 3.8) is 0 Å². The van der Waals surface area contributed by atoms with E-state index in [-0.39, 0.29) is 47.8 Å². The number of rotatable bonds is 2. The van der Waals surface area contributed by atoms with Crippen LogP contribution in [0.2, 0.25) is 0 Å². The zero-order valence-corrected chi connectivity index (χ0v) is 14.4. The minimum Gasteiger partial charge on any atom is -0.508 e. The fourth-order valence-corrected chi connectivity index (χ4v) is 2.91. The monoisotopic (exact) mass is 336 g/mol. The van der Waals surface area contributed by atoms with Crippen molar-refractivity contribution in [3.8, 4) is 11.5 Å². The van der Waals surface area contributed by atoms with Gasteiger partial charge in [-0.2, -0.15) is 0 Å². The van der Waals surface area contributed by atoms with Gasteiger partial charge in [0.05, 0.1) is 0 Å². The van der Waals surface area contributed by atoms with Gasteiger partial charge >= 0.3 is 0 Å². The van der Waals surface area contributed by atoms with Crippen LogP contribution in [0.5, 0.6) is 11.5 Å². The maximum Gasteiger partial charge on any atom is 0.120 e. The third kappa shape index (κ3) is 4.92. The molecule has 4 nitrogen and oxygen atoms in total. The van der Waals surface area contributed by atoms with Crippen molar-refractivity contribution >= 4 is 24.8 Å². The number of nitrogens with one attached hydrogen (secondary N) is 1. The Morgan fingerprint density at radius 3 is 2.19 bits per heavy atom. The van der Waals surface area contributed by atoms with E-state index in [2.05, 4.69) is 31.0 Å². The molecule has 0 amide bonds. The molecule has 1 heterocycles. The highest BCUT2D eigenvalue weighted by molar-refractivity contribution is 5.85. The van der Waals surface area contributed by atoms with E-state index < -0.39 is 0 Å². The van der Waals surface area contributed by atoms with Crippen LogP contribution in [-0.4, -0.2) is 41.3 Å². The van der Waals surface area contributed by atoms with Gasteiger partial charge in [0.1, 0.15) is 11.5 Å². The third-order valence-corrected chi connectivity index (χ3v) is 3.64. The Bertz CT molecular complexity index is 444. The molecule has 1 saturated heterocycles. The second-order valence-electron chi connectivity index (χ2n) is 6.30. The van der Waals surface area contributed by atoms with Crippen molar-refractivity contribution in [1.29, 1.82) is 0 Å². The first-order valence-electron chi connectivity index (χ1n) is 6.86. The summed E-state index contributed by atoms with van der Waals surface area (Å²) in [6, 6.07) is 4.89. The Labute approximate surface area is 139 Å². The van der Waals surface area contributed by atoms with Crippen LogP contribution in [0.15, 0.2) is 18.2 Å². The molecule has 122 valence electrons. The Morgan fingerprint density at radius 2 is 1.67 bits per heavy atom. The van der Waals surface area contributed by atoms with E-state index in [1.54, 1.807) is 12.1 Å². The molecule has 0 radical (unpaired) electrons. The van der Waals surface area contributed by atoms with Crippen molar-refractivity contribution in [2.75, 3.05) is 26.2 Å². The molecule has 3 N–H and O–H groups in total. The second-order valence-corrected chi connectivity index (χ2v) is 6.30. The molecule has 21 heavy (non-hydrogen) atoms. The molecule has 1 aliphatic heterocycles. The van der Waals surface area contributed by atoms with Crippen LogP contribution in [0.1, 0.15) is 32.4 Å². The molecule has 0 aromatic heterocycles. The molecule has 0 saturated carbocycles. The SMILES string of the molecule is CC(C)(C)[C@H](c1cc(O)ccc1O)N1CCNCC1.Cl.Cl. The maximum absolute atomic E-state index is 10.1. The second kappa shape index (κ2) is 8.08. The highest BCUT2D eigenvalue weighted by Crippen LogP contribution is 2.42. The number of aromatic hydroxyl groups is 2. The number of phenolic OH excluding ortho intramolecular Hbond substituents is 2. The first kappa shape index (κ1) is 20.3. The smallest absolute Gasteiger partial charge is 0.120 e. The molecule has 1 fully saturated rings. The van der Waals surface area contributed by atoms with Crippen LogP contribution in [0.4, 0.5) is 0 Å². The Kier molecular flexibility index (Phi) is 7.82. The van der Waals surface area contributed by atoms with Gasteiger partial charge in [-0.1, -0.05) is 20.8 Å². The van der Waals surface area contributed by atoms with Gasteiger partial charge < -0.3 is 15.5 Å². The van der Waals surface area contributed by atoms with Crippen LogP contribution >= 0.6 is 24.8 Å². The summed E-state index contributed by atoms with van der Waals surface area (Å²) < 4.78 is 0. The summed E-state index contributed by atoms with van der Waals surface area (Å²) in [4.78, 5) is 2.38. The molecule has 1 aromatic carbocycles. The molecule has 1 atom stereocenters. The summed E-state index contributed by atoms with van der Waals surface area (Å²) in [5.74, 6) is 0.466. The lowest BCUT2D eigenvalue weighted by molar-refractivity contribution is 0.0841. The molecule has 0 bridgehead atoms. The maximum atomic E-state index is 10.1. The van der Waals surface area contributed by atoms with Crippen molar-refractivity contribution < 1.29 is 10.2 Å². The van der Waals surface area contributed by atoms with E-state index in [4.69, 9.17) is 0 Å². The van der Waals surface area contributed by atoms with E-state index in [1.165, 1.54) is 6.07 Å². The summed E-state index contributed by atoms with van der Waals surface area (Å²) >= 11 is 0. The van der Waals surface area contributed by atoms with Crippen LogP contribution < -0.4 is 5.32 Å². The van der Waals surface area contributed by atoms with Gasteiger partial charge in [-0.05, 0) is 23.6 Å². The number of hydrogen-bond acceptors (Lipinski definition) is 4. The van der Waals surface area contributed by atoms with Gasteiger partial charge in [0.25, 0.3) is 0 Å². The molecule has 1 aromatic rings. The quantitative estimate of drug-likeness (QED) is 0.727. The lowest BCUT2D eigenvalue weighted by atomic mass is 9.80. The minimum atomic E-state index is -0.0113. The number of phenols is 2. The van der Waals surface area contributed by atoms with Crippen molar-refractivity contribution in [3.05, 3.63) is 23.8 Å². The van der Waals surface area contributed by atoms with Crippen LogP contribution in [0.3, 0.4) is 0 Å². The van der Waals surface area contributed by atoms with E-state index in [0.29, 0.717) is 0 Å². The Balaban J connectivity index is 0.00000200. The molecule has 2 rings (SSSR count). The van der Waals surface area contributed by atoms with Gasteiger partial charge in [-0.3, -0.25) is 4.90 Å². The highest BCUT2D eigenvalue weighted by atomic mass is 35.5. The molecular formula is C15H26Cl2N2O2. The van der Waals surface area contributed by atoms with E-state index in [0.717, 1.165) is 31.7 Å². The average molecular weight is 337 g/mol. The Hall–Kier alpha value is -0.680. The van der Waals surface area contributed by atoms with Crippen LogP contribution in [0, 0.1) is 5.41 Å². The normalized spacial score (nSPS) is 17.5. The highest BCUT2D eigenvalue weighted by Gasteiger charge is 2.34. The van der Waals surface area contributed by atoms with Gasteiger partial charge in [-0.25, -0.2) is 0 Å². The molecule has 6 heteroatoms. The predicted octanol–water partition coefficient (Wildman–Crippen LogP) is 2.93. The number of piperazine rings is 1. The summed E-state index contributed by atoms with van der Waals surface area (Å²) in [6.45, 7) is 10.3. The van der Waals surface area contributed by atoms with Gasteiger partial charge in [-0.15, -0.1) is 24.8 Å². The Morgan fingerprint density at radius 1 is 1.10 bits per heavy atom. The van der Waals surface area contributed by atoms with Gasteiger partial charge in [0, 0.05) is 37.8 Å². The van der Waals surface area contributed by atoms with Gasteiger partial charge in [0.15, 0.2) is 0 Å². The molecule has 1 aliphatic rings. The third-order valence-electron chi connectivity index (χ3n) is 3.64. The lowest BCUT2D eigenvalue weighted by Crippen LogP contribution is -2.48. The van der Waals surface area contributed by atoms with Crippen molar-refractivity contribution in [2.24, 2.45) is 5.41 Å². The summed E-state index contributed by atoms with van der Waals surface area (Å²) in [5, 5.41) is 23.2. The number of nitrogens with zero attached hydrogens (tertiary/aromatic N) is 1. The van der Waals surface area contributed by atoms with Crippen LogP contribution in [0.25, 0.3) is 0 Å². The number of halogens is 2. The zero-order chi connectivity index (χ0) is 14.0. The molecule has 0 aliphatic carbocycles. The fraction of sp³-hybridized carbons (Fsp3) is 0.600. The predicted molar refractivity (Wildman–Crippen MR) is 90.9 cm³/mol. The molecule has 0 spiro atoms. The van der Waals surface area contributed by atoms with E-state index in [1.807, 2.05) is 0 Å². The number of benzene rings is 1. The van der Waals surface area contributed by atoms with Crippen LogP contribution in [-0.2, 0) is 0 Å². The van der Waals surface area contributed by atoms with E-state index in [9.17, 15) is 10.2 Å².